The second-order valence-electron chi connectivity index (χ2n) is 4.33. The molecule has 116 valence electrons. The fourth-order valence-electron chi connectivity index (χ4n) is 1.75. The summed E-state index contributed by atoms with van der Waals surface area (Å²) in [7, 11) is 0. The Morgan fingerprint density at radius 1 is 1.23 bits per heavy atom. The van der Waals surface area contributed by atoms with Crippen LogP contribution in [0.15, 0.2) is 53.6 Å². The molecule has 0 saturated heterocycles. The normalized spacial score (nSPS) is 10.0. The quantitative estimate of drug-likeness (QED) is 0.607. The van der Waals surface area contributed by atoms with Crippen molar-refractivity contribution in [1.82, 2.24) is 10.3 Å². The van der Waals surface area contributed by atoms with Crippen molar-refractivity contribution in [1.29, 1.82) is 0 Å². The van der Waals surface area contributed by atoms with Crippen LogP contribution in [0.5, 0.6) is 5.88 Å². The van der Waals surface area contributed by atoms with Gasteiger partial charge < -0.3 is 15.4 Å². The van der Waals surface area contributed by atoms with Gasteiger partial charge in [0.15, 0.2) is 0 Å². The molecule has 5 nitrogen and oxygen atoms in total. The number of nitrogens with zero attached hydrogens (tertiary/aromatic N) is 1. The van der Waals surface area contributed by atoms with E-state index in [9.17, 15) is 4.79 Å². The summed E-state index contributed by atoms with van der Waals surface area (Å²) < 4.78 is 5.36. The van der Waals surface area contributed by atoms with Gasteiger partial charge in [0.1, 0.15) is 5.69 Å². The maximum absolute atomic E-state index is 11.9. The predicted octanol–water partition coefficient (Wildman–Crippen LogP) is 3.39. The van der Waals surface area contributed by atoms with Crippen LogP contribution < -0.4 is 15.4 Å². The number of benzene rings is 1. The van der Waals surface area contributed by atoms with Crippen molar-refractivity contribution in [2.45, 2.75) is 11.8 Å². The number of amides is 2. The SMILES string of the molecule is CCOc1ncccc1NC(=O)NCCSc1ccccc1. The maximum atomic E-state index is 11.9. The van der Waals surface area contributed by atoms with Gasteiger partial charge in [0.25, 0.3) is 0 Å². The van der Waals surface area contributed by atoms with Crippen molar-refractivity contribution >= 4 is 23.5 Å². The van der Waals surface area contributed by atoms with E-state index in [1.165, 1.54) is 4.90 Å². The van der Waals surface area contributed by atoms with E-state index in [1.54, 1.807) is 30.1 Å². The fraction of sp³-hybridized carbons (Fsp3) is 0.250. The Labute approximate surface area is 134 Å². The highest BCUT2D eigenvalue weighted by molar-refractivity contribution is 7.99. The van der Waals surface area contributed by atoms with Gasteiger partial charge in [0.05, 0.1) is 6.61 Å². The van der Waals surface area contributed by atoms with Gasteiger partial charge in [-0.05, 0) is 31.2 Å². The first-order valence-electron chi connectivity index (χ1n) is 7.10. The largest absolute Gasteiger partial charge is 0.476 e. The number of pyridine rings is 1. The molecule has 1 aromatic carbocycles. The number of hydrogen-bond acceptors (Lipinski definition) is 4. The lowest BCUT2D eigenvalue weighted by Gasteiger charge is -2.10. The third-order valence-electron chi connectivity index (χ3n) is 2.70. The van der Waals surface area contributed by atoms with Gasteiger partial charge in [-0.2, -0.15) is 0 Å². The molecule has 0 bridgehead atoms. The third-order valence-corrected chi connectivity index (χ3v) is 3.71. The van der Waals surface area contributed by atoms with Crippen LogP contribution in [0.25, 0.3) is 0 Å². The zero-order valence-corrected chi connectivity index (χ0v) is 13.2. The first-order valence-corrected chi connectivity index (χ1v) is 8.08. The summed E-state index contributed by atoms with van der Waals surface area (Å²) in [6, 6.07) is 13.3. The fourth-order valence-corrected chi connectivity index (χ4v) is 2.54. The molecular weight excluding hydrogens is 298 g/mol. The van der Waals surface area contributed by atoms with Gasteiger partial charge >= 0.3 is 6.03 Å². The number of ether oxygens (including phenoxy) is 1. The zero-order chi connectivity index (χ0) is 15.6. The first kappa shape index (κ1) is 16.2. The molecular formula is C16H19N3O2S. The number of thioether (sulfide) groups is 1. The number of carbonyl (C=O) groups excluding carboxylic acids is 1. The van der Waals surface area contributed by atoms with Crippen LogP contribution in [0.1, 0.15) is 6.92 Å². The molecule has 1 heterocycles. The smallest absolute Gasteiger partial charge is 0.319 e. The molecule has 1 aromatic heterocycles. The molecule has 2 aromatic rings. The number of hydrogen-bond donors (Lipinski definition) is 2. The summed E-state index contributed by atoms with van der Waals surface area (Å²) in [6.45, 7) is 2.95. The highest BCUT2D eigenvalue weighted by Crippen LogP contribution is 2.20. The Morgan fingerprint density at radius 3 is 2.82 bits per heavy atom. The lowest BCUT2D eigenvalue weighted by atomic mass is 10.4. The molecule has 6 heteroatoms. The molecule has 0 unspecified atom stereocenters. The summed E-state index contributed by atoms with van der Waals surface area (Å²) in [5, 5.41) is 5.56. The molecule has 0 fully saturated rings. The third kappa shape index (κ3) is 5.29. The minimum absolute atomic E-state index is 0.261. The van der Waals surface area contributed by atoms with Crippen LogP contribution in [0.3, 0.4) is 0 Å². The predicted molar refractivity (Wildman–Crippen MR) is 89.6 cm³/mol. The van der Waals surface area contributed by atoms with Crippen molar-refractivity contribution < 1.29 is 9.53 Å². The van der Waals surface area contributed by atoms with Gasteiger partial charge in [0.2, 0.25) is 5.88 Å². The highest BCUT2D eigenvalue weighted by Gasteiger charge is 2.07. The van der Waals surface area contributed by atoms with Crippen LogP contribution in [0, 0.1) is 0 Å². The zero-order valence-electron chi connectivity index (χ0n) is 12.4. The molecule has 0 spiro atoms. The number of rotatable bonds is 7. The molecule has 2 rings (SSSR count). The summed E-state index contributed by atoms with van der Waals surface area (Å²) in [4.78, 5) is 17.1. The van der Waals surface area contributed by atoms with Crippen LogP contribution >= 0.6 is 11.8 Å². The lowest BCUT2D eigenvalue weighted by molar-refractivity contribution is 0.252. The van der Waals surface area contributed by atoms with Crippen LogP contribution in [-0.2, 0) is 0 Å². The van der Waals surface area contributed by atoms with E-state index >= 15 is 0 Å². The molecule has 0 radical (unpaired) electrons. The Morgan fingerprint density at radius 2 is 2.05 bits per heavy atom. The number of anilines is 1. The van der Waals surface area contributed by atoms with Crippen molar-refractivity contribution in [2.75, 3.05) is 24.2 Å². The number of nitrogens with one attached hydrogen (secondary N) is 2. The van der Waals surface area contributed by atoms with Crippen molar-refractivity contribution in [3.63, 3.8) is 0 Å². The second-order valence-corrected chi connectivity index (χ2v) is 5.50. The standard InChI is InChI=1S/C16H19N3O2S/c1-2-21-15-14(9-6-10-17-15)19-16(20)18-11-12-22-13-7-4-3-5-8-13/h3-10H,2,11-12H2,1H3,(H2,18,19,20). The summed E-state index contributed by atoms with van der Waals surface area (Å²) in [5.41, 5.74) is 0.567. The summed E-state index contributed by atoms with van der Waals surface area (Å²) >= 11 is 1.70. The first-order chi connectivity index (χ1) is 10.8. The molecule has 2 amide bonds. The van der Waals surface area contributed by atoms with Gasteiger partial charge in [0, 0.05) is 23.4 Å². The van der Waals surface area contributed by atoms with Crippen molar-refractivity contribution in [3.8, 4) is 5.88 Å². The van der Waals surface area contributed by atoms with Crippen LogP contribution in [0.2, 0.25) is 0 Å². The van der Waals surface area contributed by atoms with Crippen molar-refractivity contribution in [2.24, 2.45) is 0 Å². The number of aromatic nitrogens is 1. The average Bonchev–Trinajstić information content (AvgIpc) is 2.55. The average molecular weight is 317 g/mol. The van der Waals surface area contributed by atoms with E-state index < -0.39 is 0 Å². The van der Waals surface area contributed by atoms with E-state index in [0.29, 0.717) is 24.7 Å². The molecule has 0 saturated carbocycles. The minimum Gasteiger partial charge on any atom is -0.476 e. The van der Waals surface area contributed by atoms with E-state index in [2.05, 4.69) is 27.8 Å². The van der Waals surface area contributed by atoms with Gasteiger partial charge in [-0.15, -0.1) is 11.8 Å². The molecule has 0 aliphatic heterocycles. The van der Waals surface area contributed by atoms with E-state index in [4.69, 9.17) is 4.74 Å². The van der Waals surface area contributed by atoms with E-state index in [1.807, 2.05) is 25.1 Å². The summed E-state index contributed by atoms with van der Waals surface area (Å²) in [5.74, 6) is 1.24. The Balaban J connectivity index is 1.74. The molecule has 0 atom stereocenters. The Bertz CT molecular complexity index is 593. The minimum atomic E-state index is -0.261. The molecule has 22 heavy (non-hydrogen) atoms. The Hall–Kier alpha value is -2.21. The van der Waals surface area contributed by atoms with Gasteiger partial charge in [-0.3, -0.25) is 0 Å². The van der Waals surface area contributed by atoms with Crippen LogP contribution in [-0.4, -0.2) is 29.9 Å². The lowest BCUT2D eigenvalue weighted by Crippen LogP contribution is -2.30. The number of urea groups is 1. The monoisotopic (exact) mass is 317 g/mol. The van der Waals surface area contributed by atoms with Gasteiger partial charge in [-0.1, -0.05) is 18.2 Å². The maximum Gasteiger partial charge on any atom is 0.319 e. The Kier molecular flexibility index (Phi) is 6.57. The number of carbonyl (C=O) groups is 1. The van der Waals surface area contributed by atoms with E-state index in [0.717, 1.165) is 5.75 Å². The summed E-state index contributed by atoms with van der Waals surface area (Å²) in [6.07, 6.45) is 1.63. The second kappa shape index (κ2) is 8.94. The van der Waals surface area contributed by atoms with Crippen LogP contribution in [0.4, 0.5) is 10.5 Å². The topological polar surface area (TPSA) is 63.2 Å². The molecule has 0 aliphatic carbocycles. The highest BCUT2D eigenvalue weighted by atomic mass is 32.2. The van der Waals surface area contributed by atoms with E-state index in [-0.39, 0.29) is 6.03 Å². The van der Waals surface area contributed by atoms with Gasteiger partial charge in [-0.25, -0.2) is 9.78 Å². The molecule has 0 aliphatic rings. The molecule has 2 N–H and O–H groups in total. The van der Waals surface area contributed by atoms with Crippen molar-refractivity contribution in [3.05, 3.63) is 48.7 Å².